The third kappa shape index (κ3) is 2.26. The molecular weight excluding hydrogens is 454 g/mol. The average molecular weight is 479 g/mol. The van der Waals surface area contributed by atoms with E-state index >= 15 is 0 Å². The van der Waals surface area contributed by atoms with E-state index in [1.807, 2.05) is 36.6 Å². The van der Waals surface area contributed by atoms with Crippen LogP contribution in [-0.2, 0) is 16.6 Å². The van der Waals surface area contributed by atoms with Gasteiger partial charge in [0.05, 0.1) is 5.52 Å². The van der Waals surface area contributed by atoms with Crippen LogP contribution in [0, 0.1) is 5.92 Å². The maximum absolute atomic E-state index is 11.7. The molecule has 1 fully saturated rings. The number of H-pyrrole nitrogens is 1. The molecular formula is C29H24N3O4. The summed E-state index contributed by atoms with van der Waals surface area (Å²) in [6.07, 6.45) is 8.23. The summed E-state index contributed by atoms with van der Waals surface area (Å²) in [7, 11) is 2.17. The van der Waals surface area contributed by atoms with E-state index < -0.39 is 12.2 Å². The summed E-state index contributed by atoms with van der Waals surface area (Å²) in [5.41, 5.74) is 5.35. The molecule has 1 radical (unpaired) electrons. The lowest BCUT2D eigenvalue weighted by Crippen LogP contribution is -2.64. The quantitative estimate of drug-likeness (QED) is 0.382. The first-order valence-electron chi connectivity index (χ1n) is 12.4. The first-order valence-corrected chi connectivity index (χ1v) is 12.4. The maximum Gasteiger partial charge on any atom is 0.255 e. The second-order valence-electron chi connectivity index (χ2n) is 10.7. The smallest absolute Gasteiger partial charge is 0.255 e. The summed E-state index contributed by atoms with van der Waals surface area (Å²) in [6.45, 7) is 0.906. The molecule has 4 aromatic rings. The number of phenolic OH excluding ortho intramolecular Hbond substituents is 1. The molecule has 5 atom stereocenters. The third-order valence-electron chi connectivity index (χ3n) is 9.20. The lowest BCUT2D eigenvalue weighted by atomic mass is 9.53. The van der Waals surface area contributed by atoms with Crippen molar-refractivity contribution in [3.05, 3.63) is 65.5 Å². The number of likely N-dealkylation sites (N-methyl/N-ethyl adjacent to an activating group) is 1. The number of nitrogens with one attached hydrogen (secondary N) is 1. The molecule has 1 spiro atoms. The summed E-state index contributed by atoms with van der Waals surface area (Å²) < 4.78 is 6.38. The molecule has 0 unspecified atom stereocenters. The van der Waals surface area contributed by atoms with Crippen LogP contribution in [0.4, 0.5) is 0 Å². The van der Waals surface area contributed by atoms with Crippen LogP contribution in [0.3, 0.4) is 0 Å². The van der Waals surface area contributed by atoms with Gasteiger partial charge in [0.2, 0.25) is 0 Å². The number of rotatable bonds is 2. The van der Waals surface area contributed by atoms with Crippen LogP contribution in [0.25, 0.3) is 32.9 Å². The lowest BCUT2D eigenvalue weighted by Gasteiger charge is -2.56. The third-order valence-corrected chi connectivity index (χ3v) is 9.20. The Bertz CT molecular complexity index is 1660. The van der Waals surface area contributed by atoms with Gasteiger partial charge in [-0.25, -0.2) is 4.98 Å². The highest BCUT2D eigenvalue weighted by Crippen LogP contribution is 2.64. The van der Waals surface area contributed by atoms with Gasteiger partial charge in [-0.2, -0.15) is 0 Å². The van der Waals surface area contributed by atoms with Gasteiger partial charge in [-0.05, 0) is 49.7 Å². The number of aliphatic hydroxyl groups is 1. The summed E-state index contributed by atoms with van der Waals surface area (Å²) in [6, 6.07) is 9.98. The number of nitrogens with zero attached hydrogens (tertiary/aromatic N) is 2. The Morgan fingerprint density at radius 3 is 2.97 bits per heavy atom. The molecule has 1 saturated heterocycles. The van der Waals surface area contributed by atoms with Crippen molar-refractivity contribution in [2.24, 2.45) is 5.92 Å². The summed E-state index contributed by atoms with van der Waals surface area (Å²) in [5.74, 6) is 0.789. The van der Waals surface area contributed by atoms with Crippen molar-refractivity contribution in [2.75, 3.05) is 13.6 Å². The minimum Gasteiger partial charge on any atom is -0.504 e. The largest absolute Gasteiger partial charge is 0.504 e. The molecule has 179 valence electrons. The number of likely N-dealkylation sites (tertiary alicyclic amines) is 1. The SMILES string of the molecule is CN1CC[C@]23c4c5c(-c6cnc([C]=O)c7[nH]c8ccccc8c67)cc(O)c4O[C@H]2[C@@H](O)C=C[C@H]3[C@H]1C5. The Kier molecular flexibility index (Phi) is 3.84. The first-order chi connectivity index (χ1) is 17.5. The lowest BCUT2D eigenvalue weighted by molar-refractivity contribution is -0.0452. The average Bonchev–Trinajstić information content (AvgIpc) is 3.45. The summed E-state index contributed by atoms with van der Waals surface area (Å²) >= 11 is 0. The van der Waals surface area contributed by atoms with E-state index in [4.69, 9.17) is 4.74 Å². The van der Waals surface area contributed by atoms with Gasteiger partial charge in [0.15, 0.2) is 11.5 Å². The molecule has 2 bridgehead atoms. The number of pyridine rings is 1. The number of phenols is 1. The number of fused-ring (bicyclic) bond motifs is 3. The zero-order chi connectivity index (χ0) is 24.3. The Morgan fingerprint density at radius 2 is 2.11 bits per heavy atom. The van der Waals surface area contributed by atoms with Gasteiger partial charge in [-0.1, -0.05) is 30.4 Å². The van der Waals surface area contributed by atoms with Crippen LogP contribution in [0.5, 0.6) is 11.5 Å². The van der Waals surface area contributed by atoms with E-state index in [0.717, 1.165) is 57.9 Å². The molecule has 2 aliphatic heterocycles. The second-order valence-corrected chi connectivity index (χ2v) is 10.7. The maximum atomic E-state index is 11.7. The molecule has 2 aliphatic carbocycles. The summed E-state index contributed by atoms with van der Waals surface area (Å²) in [4.78, 5) is 22.0. The highest BCUT2D eigenvalue weighted by Gasteiger charge is 2.64. The monoisotopic (exact) mass is 478 g/mol. The van der Waals surface area contributed by atoms with Gasteiger partial charge < -0.3 is 24.8 Å². The molecule has 4 aliphatic rings. The molecule has 0 saturated carbocycles. The van der Waals surface area contributed by atoms with Crippen molar-refractivity contribution >= 4 is 28.1 Å². The number of aromatic amines is 1. The van der Waals surface area contributed by atoms with E-state index in [1.54, 1.807) is 12.3 Å². The number of hydrogen-bond acceptors (Lipinski definition) is 6. The van der Waals surface area contributed by atoms with Gasteiger partial charge >= 0.3 is 0 Å². The molecule has 8 rings (SSSR count). The van der Waals surface area contributed by atoms with Crippen LogP contribution in [-0.4, -0.2) is 63.2 Å². The van der Waals surface area contributed by atoms with Crippen LogP contribution < -0.4 is 4.74 Å². The topological polar surface area (TPSA) is 98.7 Å². The van der Waals surface area contributed by atoms with E-state index in [-0.39, 0.29) is 28.8 Å². The number of para-hydroxylation sites is 1. The predicted octanol–water partition coefficient (Wildman–Crippen LogP) is 3.35. The van der Waals surface area contributed by atoms with Crippen molar-refractivity contribution in [1.82, 2.24) is 14.9 Å². The van der Waals surface area contributed by atoms with Crippen molar-refractivity contribution in [3.8, 4) is 22.6 Å². The van der Waals surface area contributed by atoms with Crippen molar-refractivity contribution in [2.45, 2.75) is 36.5 Å². The standard InChI is InChI=1S/C29H24N3O4/c1-32-9-8-29-18-6-7-22(34)28(29)36-27-23(35)11-15(16(25(27)29)10-21(18)32)17-12-30-20(13-33)26-24(17)14-4-2-3-5-19(14)31-26/h2-7,11-12,18,21-22,28,31,34-35H,8-10H2,1H3/t18-,21+,22-,28-,29-/m0/s1. The fraction of sp³-hybridized carbons (Fsp3) is 0.310. The number of hydrogen-bond donors (Lipinski definition) is 3. The fourth-order valence-corrected chi connectivity index (χ4v) is 7.70. The number of benzene rings is 2. The van der Waals surface area contributed by atoms with Gasteiger partial charge in [0, 0.05) is 51.0 Å². The zero-order valence-electron chi connectivity index (χ0n) is 19.7. The van der Waals surface area contributed by atoms with E-state index in [2.05, 4.69) is 28.0 Å². The van der Waals surface area contributed by atoms with E-state index in [9.17, 15) is 15.0 Å². The Morgan fingerprint density at radius 1 is 1.25 bits per heavy atom. The fourth-order valence-electron chi connectivity index (χ4n) is 7.70. The Balaban J connectivity index is 1.48. The van der Waals surface area contributed by atoms with Crippen molar-refractivity contribution < 1.29 is 19.7 Å². The Hall–Kier alpha value is -3.68. The van der Waals surface area contributed by atoms with Gasteiger partial charge in [0.25, 0.3) is 6.29 Å². The van der Waals surface area contributed by atoms with Crippen LogP contribution >= 0.6 is 0 Å². The minimum atomic E-state index is -0.726. The first kappa shape index (κ1) is 20.5. The van der Waals surface area contributed by atoms with Crippen molar-refractivity contribution in [3.63, 3.8) is 0 Å². The van der Waals surface area contributed by atoms with Crippen molar-refractivity contribution in [1.29, 1.82) is 0 Å². The molecule has 4 heterocycles. The number of piperidine rings is 1. The van der Waals surface area contributed by atoms with Gasteiger partial charge in [0.1, 0.15) is 17.9 Å². The number of ether oxygens (including phenoxy) is 1. The molecule has 7 nitrogen and oxygen atoms in total. The van der Waals surface area contributed by atoms with E-state index in [0.29, 0.717) is 11.3 Å². The number of carbonyl (C=O) groups excluding carboxylic acids is 1. The second kappa shape index (κ2) is 6.75. The normalized spacial score (nSPS) is 29.9. The zero-order valence-corrected chi connectivity index (χ0v) is 19.7. The minimum absolute atomic E-state index is 0.0786. The van der Waals surface area contributed by atoms with E-state index in [1.165, 1.54) is 0 Å². The number of aromatic nitrogens is 2. The predicted molar refractivity (Wildman–Crippen MR) is 135 cm³/mol. The van der Waals surface area contributed by atoms with Gasteiger partial charge in [-0.15, -0.1) is 0 Å². The molecule has 0 amide bonds. The number of aliphatic hydroxyl groups excluding tert-OH is 1. The van der Waals surface area contributed by atoms with Crippen LogP contribution in [0.1, 0.15) is 23.2 Å². The molecule has 7 heteroatoms. The van der Waals surface area contributed by atoms with Gasteiger partial charge in [-0.3, -0.25) is 4.79 Å². The molecule has 2 aromatic heterocycles. The number of aromatic hydroxyl groups is 1. The Labute approximate surface area is 207 Å². The molecule has 3 N–H and O–H groups in total. The molecule has 36 heavy (non-hydrogen) atoms. The van der Waals surface area contributed by atoms with Crippen LogP contribution in [0.2, 0.25) is 0 Å². The highest BCUT2D eigenvalue weighted by atomic mass is 16.5. The highest BCUT2D eigenvalue weighted by molar-refractivity contribution is 6.17. The van der Waals surface area contributed by atoms with Crippen LogP contribution in [0.15, 0.2) is 48.7 Å². The molecule has 2 aromatic carbocycles. The summed E-state index contributed by atoms with van der Waals surface area (Å²) in [5, 5.41) is 24.1.